The van der Waals surface area contributed by atoms with Crippen molar-refractivity contribution in [1.29, 1.82) is 0 Å². The first-order valence-electron chi connectivity index (χ1n) is 8.11. The van der Waals surface area contributed by atoms with Crippen LogP contribution in [-0.2, 0) is 11.3 Å². The zero-order chi connectivity index (χ0) is 17.1. The van der Waals surface area contributed by atoms with Crippen molar-refractivity contribution in [2.75, 3.05) is 6.54 Å². The van der Waals surface area contributed by atoms with Crippen molar-refractivity contribution < 1.29 is 14.3 Å². The number of aromatic nitrogens is 2. The number of aryl methyl sites for hydroxylation is 2. The van der Waals surface area contributed by atoms with Gasteiger partial charge in [0.2, 0.25) is 0 Å². The molecular formula is C18H21N3O3. The molecule has 1 aliphatic rings. The molecule has 0 N–H and O–H groups in total. The molecule has 1 aromatic heterocycles. The van der Waals surface area contributed by atoms with Gasteiger partial charge in [-0.05, 0) is 38.3 Å². The summed E-state index contributed by atoms with van der Waals surface area (Å²) in [5.41, 5.74) is 2.49. The van der Waals surface area contributed by atoms with Gasteiger partial charge in [0.05, 0.1) is 5.69 Å². The molecule has 24 heavy (non-hydrogen) atoms. The fourth-order valence-electron chi connectivity index (χ4n) is 3.04. The Bertz CT molecular complexity index is 739. The number of hydrogen-bond donors (Lipinski definition) is 0. The van der Waals surface area contributed by atoms with E-state index in [0.29, 0.717) is 13.0 Å². The number of likely N-dealkylation sites (tertiary alicyclic amines) is 1. The van der Waals surface area contributed by atoms with Crippen molar-refractivity contribution in [2.45, 2.75) is 39.3 Å². The standard InChI is InChI=1S/C18H21N3O3/c1-13-11-14(2)21(19-13)17(22)16-9-6-10-20(16)18(23)24-12-15-7-4-3-5-8-15/h3-5,7-8,11,16H,6,9-10,12H2,1-2H3. The Labute approximate surface area is 141 Å². The van der Waals surface area contributed by atoms with Crippen molar-refractivity contribution in [3.63, 3.8) is 0 Å². The highest BCUT2D eigenvalue weighted by Gasteiger charge is 2.36. The lowest BCUT2D eigenvalue weighted by atomic mass is 10.2. The number of amides is 1. The SMILES string of the molecule is Cc1cc(C)n(C(=O)C2CCCN2C(=O)OCc2ccccc2)n1. The maximum Gasteiger partial charge on any atom is 0.410 e. The molecule has 1 unspecified atom stereocenters. The second-order valence-electron chi connectivity index (χ2n) is 6.07. The highest BCUT2D eigenvalue weighted by molar-refractivity contribution is 5.88. The van der Waals surface area contributed by atoms with Crippen molar-refractivity contribution in [3.8, 4) is 0 Å². The van der Waals surface area contributed by atoms with Crippen LogP contribution in [0.4, 0.5) is 4.79 Å². The quantitative estimate of drug-likeness (QED) is 0.869. The van der Waals surface area contributed by atoms with Crippen LogP contribution < -0.4 is 0 Å². The molecule has 1 aliphatic heterocycles. The van der Waals surface area contributed by atoms with Crippen molar-refractivity contribution in [3.05, 3.63) is 53.3 Å². The molecule has 6 nitrogen and oxygen atoms in total. The van der Waals surface area contributed by atoms with Gasteiger partial charge in [-0.3, -0.25) is 9.69 Å². The number of ether oxygens (including phenoxy) is 1. The summed E-state index contributed by atoms with van der Waals surface area (Å²) in [5, 5.41) is 4.23. The Morgan fingerprint density at radius 1 is 1.25 bits per heavy atom. The molecule has 0 spiro atoms. The maximum absolute atomic E-state index is 12.7. The van der Waals surface area contributed by atoms with Crippen molar-refractivity contribution in [2.24, 2.45) is 0 Å². The minimum absolute atomic E-state index is 0.172. The van der Waals surface area contributed by atoms with Gasteiger partial charge in [0, 0.05) is 12.2 Å². The van der Waals surface area contributed by atoms with E-state index in [1.54, 1.807) is 0 Å². The molecule has 1 amide bonds. The molecule has 0 radical (unpaired) electrons. The monoisotopic (exact) mass is 327 g/mol. The van der Waals surface area contributed by atoms with E-state index in [-0.39, 0.29) is 12.5 Å². The Hall–Kier alpha value is -2.63. The van der Waals surface area contributed by atoms with Gasteiger partial charge in [-0.15, -0.1) is 0 Å². The summed E-state index contributed by atoms with van der Waals surface area (Å²) in [4.78, 5) is 26.6. The van der Waals surface area contributed by atoms with Crippen molar-refractivity contribution >= 4 is 12.0 Å². The lowest BCUT2D eigenvalue weighted by molar-refractivity contribution is 0.0660. The Kier molecular flexibility index (Phi) is 4.64. The van der Waals surface area contributed by atoms with Crippen molar-refractivity contribution in [1.82, 2.24) is 14.7 Å². The number of carbonyl (C=O) groups is 2. The Morgan fingerprint density at radius 2 is 2.00 bits per heavy atom. The van der Waals surface area contributed by atoms with E-state index in [9.17, 15) is 9.59 Å². The second-order valence-corrected chi connectivity index (χ2v) is 6.07. The first kappa shape index (κ1) is 16.2. The van der Waals surface area contributed by atoms with Crippen LogP contribution in [0.2, 0.25) is 0 Å². The molecule has 1 saturated heterocycles. The molecule has 0 aliphatic carbocycles. The third-order valence-corrected chi connectivity index (χ3v) is 4.20. The van der Waals surface area contributed by atoms with Crippen LogP contribution in [0.5, 0.6) is 0 Å². The molecule has 1 atom stereocenters. The smallest absolute Gasteiger partial charge is 0.410 e. The van der Waals surface area contributed by atoms with E-state index >= 15 is 0 Å². The zero-order valence-corrected chi connectivity index (χ0v) is 13.9. The van der Waals surface area contributed by atoms with Gasteiger partial charge in [-0.25, -0.2) is 9.48 Å². The van der Waals surface area contributed by atoms with Crippen LogP contribution in [0.1, 0.15) is 34.6 Å². The summed E-state index contributed by atoms with van der Waals surface area (Å²) >= 11 is 0. The first-order chi connectivity index (χ1) is 11.6. The largest absolute Gasteiger partial charge is 0.445 e. The summed E-state index contributed by atoms with van der Waals surface area (Å²) in [6.07, 6.45) is 0.976. The van der Waals surface area contributed by atoms with Gasteiger partial charge < -0.3 is 4.74 Å². The molecule has 0 saturated carbocycles. The average molecular weight is 327 g/mol. The fraction of sp³-hybridized carbons (Fsp3) is 0.389. The van der Waals surface area contributed by atoms with Gasteiger partial charge in [-0.2, -0.15) is 5.10 Å². The second kappa shape index (κ2) is 6.86. The molecule has 126 valence electrons. The third kappa shape index (κ3) is 3.32. The molecule has 2 heterocycles. The zero-order valence-electron chi connectivity index (χ0n) is 13.9. The molecule has 1 aromatic carbocycles. The Balaban J connectivity index is 1.67. The Morgan fingerprint density at radius 3 is 2.67 bits per heavy atom. The van der Waals surface area contributed by atoms with E-state index in [4.69, 9.17) is 4.74 Å². The topological polar surface area (TPSA) is 64.4 Å². The van der Waals surface area contributed by atoms with Gasteiger partial charge in [0.15, 0.2) is 0 Å². The molecular weight excluding hydrogens is 306 g/mol. The average Bonchev–Trinajstić information content (AvgIpc) is 3.19. The summed E-state index contributed by atoms with van der Waals surface area (Å²) in [7, 11) is 0. The summed E-state index contributed by atoms with van der Waals surface area (Å²) in [6.45, 7) is 4.42. The summed E-state index contributed by atoms with van der Waals surface area (Å²) in [6, 6.07) is 10.8. The van der Waals surface area contributed by atoms with Crippen LogP contribution >= 0.6 is 0 Å². The summed E-state index contributed by atoms with van der Waals surface area (Å²) in [5.74, 6) is -0.172. The number of nitrogens with zero attached hydrogens (tertiary/aromatic N) is 3. The van der Waals surface area contributed by atoms with Gasteiger partial charge in [0.25, 0.3) is 5.91 Å². The lowest BCUT2D eigenvalue weighted by Gasteiger charge is -2.23. The van der Waals surface area contributed by atoms with Crippen LogP contribution in [0.25, 0.3) is 0 Å². The van der Waals surface area contributed by atoms with Crippen LogP contribution in [0, 0.1) is 13.8 Å². The summed E-state index contributed by atoms with van der Waals surface area (Å²) < 4.78 is 6.76. The van der Waals surface area contributed by atoms with E-state index in [2.05, 4.69) is 5.10 Å². The predicted molar refractivity (Wildman–Crippen MR) is 88.7 cm³/mol. The molecule has 1 fully saturated rings. The lowest BCUT2D eigenvalue weighted by Crippen LogP contribution is -2.43. The van der Waals surface area contributed by atoms with Gasteiger partial charge >= 0.3 is 6.09 Å². The van der Waals surface area contributed by atoms with Gasteiger partial charge in [-0.1, -0.05) is 30.3 Å². The fourth-order valence-corrected chi connectivity index (χ4v) is 3.04. The van der Waals surface area contributed by atoms with Crippen LogP contribution in [0.15, 0.2) is 36.4 Å². The maximum atomic E-state index is 12.7. The molecule has 6 heteroatoms. The number of benzene rings is 1. The normalized spacial score (nSPS) is 17.1. The molecule has 0 bridgehead atoms. The number of rotatable bonds is 3. The van der Waals surface area contributed by atoms with E-state index in [1.807, 2.05) is 50.2 Å². The highest BCUT2D eigenvalue weighted by Crippen LogP contribution is 2.21. The van der Waals surface area contributed by atoms with E-state index in [0.717, 1.165) is 23.4 Å². The predicted octanol–water partition coefficient (Wildman–Crippen LogP) is 2.94. The molecule has 2 aromatic rings. The first-order valence-corrected chi connectivity index (χ1v) is 8.11. The number of carbonyl (C=O) groups excluding carboxylic acids is 2. The van der Waals surface area contributed by atoms with Gasteiger partial charge in [0.1, 0.15) is 12.6 Å². The minimum atomic E-state index is -0.508. The minimum Gasteiger partial charge on any atom is -0.445 e. The third-order valence-electron chi connectivity index (χ3n) is 4.20. The van der Waals surface area contributed by atoms with E-state index < -0.39 is 12.1 Å². The highest BCUT2D eigenvalue weighted by atomic mass is 16.6. The van der Waals surface area contributed by atoms with E-state index in [1.165, 1.54) is 9.58 Å². The van der Waals surface area contributed by atoms with Crippen LogP contribution in [-0.4, -0.2) is 39.3 Å². The molecule has 3 rings (SSSR count). The number of hydrogen-bond acceptors (Lipinski definition) is 4. The van der Waals surface area contributed by atoms with Crippen LogP contribution in [0.3, 0.4) is 0 Å².